The lowest BCUT2D eigenvalue weighted by atomic mass is 9.81. The number of esters is 1. The highest BCUT2D eigenvalue weighted by Gasteiger charge is 2.51. The molecule has 2 heterocycles. The molecule has 3 atom stereocenters. The normalized spacial score (nSPS) is 24.2. The number of hydrogen-bond donors (Lipinski definition) is 0. The van der Waals surface area contributed by atoms with Crippen molar-refractivity contribution in [2.75, 3.05) is 6.61 Å². The van der Waals surface area contributed by atoms with Crippen molar-refractivity contribution in [1.82, 2.24) is 4.90 Å². The molecule has 1 aliphatic carbocycles. The van der Waals surface area contributed by atoms with E-state index >= 15 is 0 Å². The summed E-state index contributed by atoms with van der Waals surface area (Å²) in [6.07, 6.45) is 3.21. The summed E-state index contributed by atoms with van der Waals surface area (Å²) in [5.41, 5.74) is 0. The Morgan fingerprint density at radius 3 is 2.36 bits per heavy atom. The molecule has 0 unspecified atom stereocenters. The minimum absolute atomic E-state index is 0.296. The Morgan fingerprint density at radius 1 is 1.24 bits per heavy atom. The van der Waals surface area contributed by atoms with Crippen molar-refractivity contribution in [2.45, 2.75) is 38.6 Å². The second-order valence-electron chi connectivity index (χ2n) is 6.35. The van der Waals surface area contributed by atoms with E-state index in [2.05, 4.69) is 0 Å². The molecule has 6 nitrogen and oxygen atoms in total. The van der Waals surface area contributed by atoms with Gasteiger partial charge in [-0.15, -0.1) is 11.3 Å². The summed E-state index contributed by atoms with van der Waals surface area (Å²) in [7, 11) is 0. The summed E-state index contributed by atoms with van der Waals surface area (Å²) >= 11 is 6.87. The third-order valence-electron chi connectivity index (χ3n) is 4.80. The summed E-state index contributed by atoms with van der Waals surface area (Å²) in [5, 5.41) is 0. The van der Waals surface area contributed by atoms with E-state index in [-0.39, 0.29) is 29.4 Å². The fourth-order valence-electron chi connectivity index (χ4n) is 3.47. The molecular formula is C17H18ClNO5S. The maximum absolute atomic E-state index is 12.5. The summed E-state index contributed by atoms with van der Waals surface area (Å²) in [5.74, 6) is -2.34. The monoisotopic (exact) mass is 383 g/mol. The summed E-state index contributed by atoms with van der Waals surface area (Å²) in [6.45, 7) is 1.02. The molecule has 1 saturated heterocycles. The first-order valence-corrected chi connectivity index (χ1v) is 9.41. The van der Waals surface area contributed by atoms with Crippen LogP contribution in [0.4, 0.5) is 0 Å². The molecule has 0 radical (unpaired) electrons. The van der Waals surface area contributed by atoms with Crippen molar-refractivity contribution in [3.8, 4) is 0 Å². The van der Waals surface area contributed by atoms with Crippen LogP contribution < -0.4 is 0 Å². The van der Waals surface area contributed by atoms with Crippen LogP contribution >= 0.6 is 22.9 Å². The molecule has 0 bridgehead atoms. The van der Waals surface area contributed by atoms with Crippen molar-refractivity contribution in [1.29, 1.82) is 0 Å². The average Bonchev–Trinajstić information content (AvgIpc) is 3.15. The number of fused-ring (bicyclic) bond motifs is 1. The van der Waals surface area contributed by atoms with Crippen LogP contribution in [-0.2, 0) is 19.1 Å². The maximum Gasteiger partial charge on any atom is 0.329 e. The molecule has 3 rings (SSSR count). The van der Waals surface area contributed by atoms with Crippen LogP contribution in [0, 0.1) is 11.8 Å². The van der Waals surface area contributed by atoms with Gasteiger partial charge in [-0.2, -0.15) is 0 Å². The number of rotatable bonds is 5. The van der Waals surface area contributed by atoms with Gasteiger partial charge in [0.25, 0.3) is 0 Å². The molecule has 25 heavy (non-hydrogen) atoms. The molecule has 8 heteroatoms. The van der Waals surface area contributed by atoms with E-state index in [1.54, 1.807) is 12.1 Å². The Morgan fingerprint density at radius 2 is 1.84 bits per heavy atom. The number of imide groups is 1. The molecule has 2 fully saturated rings. The Kier molecular flexibility index (Phi) is 5.24. The van der Waals surface area contributed by atoms with Crippen LogP contribution in [0.2, 0.25) is 4.34 Å². The number of hydrogen-bond acceptors (Lipinski definition) is 6. The lowest BCUT2D eigenvalue weighted by molar-refractivity contribution is -0.157. The Labute approximate surface area is 154 Å². The standard InChI is InChI=1S/C17H18ClNO5S/c1-9(17(23)24-8-12(20)13-6-7-14(18)25-13)19-15(21)10-4-2-3-5-11(10)16(19)22/h6-7,9-11H,2-5,8H2,1H3/t9-,10-,11-/m0/s1. The smallest absolute Gasteiger partial charge is 0.329 e. The third kappa shape index (κ3) is 3.48. The Bertz CT molecular complexity index is 706. The number of ketones is 1. The van der Waals surface area contributed by atoms with E-state index in [0.29, 0.717) is 22.1 Å². The topological polar surface area (TPSA) is 80.8 Å². The summed E-state index contributed by atoms with van der Waals surface area (Å²) in [4.78, 5) is 50.6. The number of likely N-dealkylation sites (tertiary alicyclic amines) is 1. The van der Waals surface area contributed by atoms with Gasteiger partial charge in [0.2, 0.25) is 17.6 Å². The van der Waals surface area contributed by atoms with Crippen LogP contribution in [0.15, 0.2) is 12.1 Å². The zero-order chi connectivity index (χ0) is 18.1. The van der Waals surface area contributed by atoms with Crippen molar-refractivity contribution in [3.63, 3.8) is 0 Å². The number of Topliss-reactive ketones (excluding diaryl/α,β-unsaturated/α-hetero) is 1. The summed E-state index contributed by atoms with van der Waals surface area (Å²) in [6, 6.07) is 2.13. The number of carbonyl (C=O) groups excluding carboxylic acids is 4. The maximum atomic E-state index is 12.5. The van der Waals surface area contributed by atoms with Gasteiger partial charge in [-0.05, 0) is 31.9 Å². The minimum atomic E-state index is -1.02. The highest BCUT2D eigenvalue weighted by atomic mass is 35.5. The van der Waals surface area contributed by atoms with Crippen LogP contribution in [0.5, 0.6) is 0 Å². The average molecular weight is 384 g/mol. The van der Waals surface area contributed by atoms with E-state index < -0.39 is 18.6 Å². The predicted octanol–water partition coefficient (Wildman–Crippen LogP) is 2.69. The Hall–Kier alpha value is -1.73. The number of halogens is 1. The van der Waals surface area contributed by atoms with E-state index in [9.17, 15) is 19.2 Å². The number of amides is 2. The lowest BCUT2D eigenvalue weighted by Gasteiger charge is -2.21. The quantitative estimate of drug-likeness (QED) is 0.443. The zero-order valence-corrected chi connectivity index (χ0v) is 15.3. The number of carbonyl (C=O) groups is 4. The van der Waals surface area contributed by atoms with E-state index in [1.807, 2.05) is 0 Å². The van der Waals surface area contributed by atoms with Crippen molar-refractivity contribution in [2.24, 2.45) is 11.8 Å². The number of ether oxygens (including phenoxy) is 1. The lowest BCUT2D eigenvalue weighted by Crippen LogP contribution is -2.44. The van der Waals surface area contributed by atoms with Crippen LogP contribution in [0.1, 0.15) is 42.3 Å². The van der Waals surface area contributed by atoms with Gasteiger partial charge >= 0.3 is 5.97 Å². The van der Waals surface area contributed by atoms with Gasteiger partial charge in [-0.1, -0.05) is 24.4 Å². The van der Waals surface area contributed by atoms with Gasteiger partial charge in [0, 0.05) is 0 Å². The molecule has 1 aliphatic heterocycles. The molecule has 0 aromatic carbocycles. The van der Waals surface area contributed by atoms with Crippen LogP contribution in [0.25, 0.3) is 0 Å². The van der Waals surface area contributed by atoms with Crippen molar-refractivity contribution < 1.29 is 23.9 Å². The van der Waals surface area contributed by atoms with E-state index in [0.717, 1.165) is 29.1 Å². The molecule has 2 aliphatic rings. The largest absolute Gasteiger partial charge is 0.456 e. The summed E-state index contributed by atoms with van der Waals surface area (Å²) < 4.78 is 5.49. The van der Waals surface area contributed by atoms with Gasteiger partial charge in [-0.25, -0.2) is 4.79 Å². The van der Waals surface area contributed by atoms with Crippen molar-refractivity contribution in [3.05, 3.63) is 21.3 Å². The molecule has 0 spiro atoms. The van der Waals surface area contributed by atoms with Gasteiger partial charge < -0.3 is 4.74 Å². The Balaban J connectivity index is 1.61. The molecule has 0 N–H and O–H groups in total. The first-order chi connectivity index (χ1) is 11.9. The number of thiophene rings is 1. The fraction of sp³-hybridized carbons (Fsp3) is 0.529. The molecular weight excluding hydrogens is 366 g/mol. The van der Waals surface area contributed by atoms with E-state index in [1.165, 1.54) is 6.92 Å². The fourth-order valence-corrected chi connectivity index (χ4v) is 4.43. The molecule has 134 valence electrons. The van der Waals surface area contributed by atoms with Crippen molar-refractivity contribution >= 4 is 46.5 Å². The predicted molar refractivity (Wildman–Crippen MR) is 91.4 cm³/mol. The van der Waals surface area contributed by atoms with Gasteiger partial charge in [0.15, 0.2) is 6.61 Å². The van der Waals surface area contributed by atoms with E-state index in [4.69, 9.17) is 16.3 Å². The highest BCUT2D eigenvalue weighted by Crippen LogP contribution is 2.38. The zero-order valence-electron chi connectivity index (χ0n) is 13.7. The first-order valence-electron chi connectivity index (χ1n) is 8.22. The second-order valence-corrected chi connectivity index (χ2v) is 8.07. The molecule has 1 saturated carbocycles. The molecule has 2 amide bonds. The van der Waals surface area contributed by atoms with Crippen LogP contribution in [0.3, 0.4) is 0 Å². The van der Waals surface area contributed by atoms with Gasteiger partial charge in [0.1, 0.15) is 6.04 Å². The van der Waals surface area contributed by atoms with Gasteiger partial charge in [0.05, 0.1) is 21.0 Å². The highest BCUT2D eigenvalue weighted by molar-refractivity contribution is 7.18. The third-order valence-corrected chi connectivity index (χ3v) is 6.07. The second kappa shape index (κ2) is 7.25. The molecule has 1 aromatic rings. The molecule has 1 aromatic heterocycles. The van der Waals surface area contributed by atoms with Gasteiger partial charge in [-0.3, -0.25) is 19.3 Å². The minimum Gasteiger partial charge on any atom is -0.456 e. The number of nitrogens with zero attached hydrogens (tertiary/aromatic N) is 1. The first kappa shape index (κ1) is 18.1. The SMILES string of the molecule is C[C@@H](C(=O)OCC(=O)c1ccc(Cl)s1)N1C(=O)[C@H]2CCCC[C@@H]2C1=O. The van der Waals surface area contributed by atoms with Crippen LogP contribution in [-0.4, -0.2) is 41.1 Å².